The van der Waals surface area contributed by atoms with Crippen molar-refractivity contribution >= 4 is 0 Å². The minimum atomic E-state index is -0.550. The van der Waals surface area contributed by atoms with Gasteiger partial charge in [0.25, 0.3) is 0 Å². The van der Waals surface area contributed by atoms with Crippen molar-refractivity contribution in [2.24, 2.45) is 17.1 Å². The third-order valence-electron chi connectivity index (χ3n) is 5.20. The Labute approximate surface area is 105 Å². The highest BCUT2D eigenvalue weighted by Gasteiger charge is 2.59. The second-order valence-electron chi connectivity index (χ2n) is 6.02. The van der Waals surface area contributed by atoms with E-state index >= 15 is 0 Å². The predicted molar refractivity (Wildman–Crippen MR) is 68.7 cm³/mol. The summed E-state index contributed by atoms with van der Waals surface area (Å²) in [5, 5.41) is 10.8. The molecule has 3 N–H and O–H groups in total. The highest BCUT2D eigenvalue weighted by Crippen LogP contribution is 2.56. The molecule has 2 atom stereocenters. The third kappa shape index (κ3) is 2.13. The smallest absolute Gasteiger partial charge is 0.0765 e. The maximum absolute atomic E-state index is 10.8. The fourth-order valence-electron chi connectivity index (χ4n) is 3.86. The molecule has 0 spiro atoms. The van der Waals surface area contributed by atoms with Gasteiger partial charge in [0.2, 0.25) is 0 Å². The molecule has 2 saturated carbocycles. The van der Waals surface area contributed by atoms with Crippen LogP contribution in [0.2, 0.25) is 0 Å². The van der Waals surface area contributed by atoms with E-state index in [2.05, 4.69) is 6.92 Å². The lowest BCUT2D eigenvalue weighted by Gasteiger charge is -2.54. The predicted octanol–water partition coefficient (Wildman–Crippen LogP) is 2.07. The largest absolute Gasteiger partial charge is 0.389 e. The van der Waals surface area contributed by atoms with E-state index < -0.39 is 5.60 Å². The van der Waals surface area contributed by atoms with Crippen molar-refractivity contribution in [1.29, 1.82) is 0 Å². The van der Waals surface area contributed by atoms with Crippen LogP contribution in [0.3, 0.4) is 0 Å². The molecule has 17 heavy (non-hydrogen) atoms. The van der Waals surface area contributed by atoms with Gasteiger partial charge in [0.15, 0.2) is 0 Å². The maximum atomic E-state index is 10.8. The van der Waals surface area contributed by atoms with Crippen LogP contribution in [0.1, 0.15) is 52.4 Å². The van der Waals surface area contributed by atoms with Crippen LogP contribution in [-0.4, -0.2) is 30.0 Å². The van der Waals surface area contributed by atoms with E-state index in [1.54, 1.807) is 0 Å². The van der Waals surface area contributed by atoms with Gasteiger partial charge in [-0.2, -0.15) is 0 Å². The molecule has 3 heteroatoms. The first-order chi connectivity index (χ1) is 8.09. The number of hydrogen-bond donors (Lipinski definition) is 2. The van der Waals surface area contributed by atoms with Crippen LogP contribution in [-0.2, 0) is 4.74 Å². The van der Waals surface area contributed by atoms with Gasteiger partial charge in [0.1, 0.15) is 0 Å². The van der Waals surface area contributed by atoms with Gasteiger partial charge in [0, 0.05) is 31.4 Å². The van der Waals surface area contributed by atoms with Gasteiger partial charge in [-0.1, -0.05) is 13.3 Å². The van der Waals surface area contributed by atoms with E-state index in [4.69, 9.17) is 10.5 Å². The summed E-state index contributed by atoms with van der Waals surface area (Å²) >= 11 is 0. The lowest BCUT2D eigenvalue weighted by molar-refractivity contribution is -0.199. The minimum absolute atomic E-state index is 0.0265. The van der Waals surface area contributed by atoms with Gasteiger partial charge >= 0.3 is 0 Å². The monoisotopic (exact) mass is 241 g/mol. The summed E-state index contributed by atoms with van der Waals surface area (Å²) in [5.41, 5.74) is 5.42. The SMILES string of the molecule is CCOC1CC(O)(C2(CN)CCC(CC)C2)C1. The van der Waals surface area contributed by atoms with Crippen LogP contribution < -0.4 is 5.73 Å². The zero-order valence-electron chi connectivity index (χ0n) is 11.2. The average molecular weight is 241 g/mol. The molecule has 2 aliphatic rings. The van der Waals surface area contributed by atoms with Crippen LogP contribution in [0.25, 0.3) is 0 Å². The molecule has 0 radical (unpaired) electrons. The Morgan fingerprint density at radius 3 is 2.47 bits per heavy atom. The molecule has 0 heterocycles. The quantitative estimate of drug-likeness (QED) is 0.774. The van der Waals surface area contributed by atoms with Gasteiger partial charge in [-0.25, -0.2) is 0 Å². The lowest BCUT2D eigenvalue weighted by atomic mass is 9.58. The summed E-state index contributed by atoms with van der Waals surface area (Å²) in [5.74, 6) is 0.758. The molecular weight excluding hydrogens is 214 g/mol. The zero-order chi connectivity index (χ0) is 12.5. The summed E-state index contributed by atoms with van der Waals surface area (Å²) in [7, 11) is 0. The summed E-state index contributed by atoms with van der Waals surface area (Å²) in [6.07, 6.45) is 6.48. The molecule has 0 saturated heterocycles. The first-order valence-corrected chi connectivity index (χ1v) is 7.13. The molecular formula is C14H27NO2. The Morgan fingerprint density at radius 1 is 1.29 bits per heavy atom. The van der Waals surface area contributed by atoms with Crippen LogP contribution in [0, 0.1) is 11.3 Å². The fourth-order valence-corrected chi connectivity index (χ4v) is 3.86. The highest BCUT2D eigenvalue weighted by molar-refractivity contribution is 5.11. The van der Waals surface area contributed by atoms with E-state index in [-0.39, 0.29) is 11.5 Å². The van der Waals surface area contributed by atoms with Crippen molar-refractivity contribution in [3.63, 3.8) is 0 Å². The Balaban J connectivity index is 2.00. The van der Waals surface area contributed by atoms with Crippen LogP contribution in [0.4, 0.5) is 0 Å². The normalized spacial score (nSPS) is 45.9. The van der Waals surface area contributed by atoms with Gasteiger partial charge in [-0.15, -0.1) is 0 Å². The van der Waals surface area contributed by atoms with Crippen molar-refractivity contribution in [2.75, 3.05) is 13.2 Å². The molecule has 100 valence electrons. The molecule has 0 amide bonds. The molecule has 2 aliphatic carbocycles. The van der Waals surface area contributed by atoms with Gasteiger partial charge in [-0.3, -0.25) is 0 Å². The molecule has 3 nitrogen and oxygen atoms in total. The molecule has 2 unspecified atom stereocenters. The van der Waals surface area contributed by atoms with Crippen molar-refractivity contribution in [2.45, 2.75) is 64.1 Å². The molecule has 0 aliphatic heterocycles. The number of aliphatic hydroxyl groups is 1. The van der Waals surface area contributed by atoms with E-state index in [9.17, 15) is 5.11 Å². The third-order valence-corrected chi connectivity index (χ3v) is 5.20. The standard InChI is InChI=1S/C14H27NO2/c1-3-11-5-6-13(7-11,10-15)14(16)8-12(9-14)17-4-2/h11-12,16H,3-10,15H2,1-2H3. The van der Waals surface area contributed by atoms with E-state index in [0.29, 0.717) is 6.54 Å². The summed E-state index contributed by atoms with van der Waals surface area (Å²) in [6, 6.07) is 0. The molecule has 2 rings (SSSR count). The number of nitrogens with two attached hydrogens (primary N) is 1. The highest BCUT2D eigenvalue weighted by atomic mass is 16.5. The average Bonchev–Trinajstić information content (AvgIpc) is 2.72. The topological polar surface area (TPSA) is 55.5 Å². The van der Waals surface area contributed by atoms with E-state index in [0.717, 1.165) is 38.2 Å². The molecule has 0 aromatic carbocycles. The van der Waals surface area contributed by atoms with Gasteiger partial charge in [-0.05, 0) is 32.1 Å². The summed E-state index contributed by atoms with van der Waals surface area (Å²) in [4.78, 5) is 0. The summed E-state index contributed by atoms with van der Waals surface area (Å²) in [6.45, 7) is 5.62. The van der Waals surface area contributed by atoms with Crippen molar-refractivity contribution < 1.29 is 9.84 Å². The Hall–Kier alpha value is -0.120. The number of hydrogen-bond acceptors (Lipinski definition) is 3. The second-order valence-corrected chi connectivity index (χ2v) is 6.02. The minimum Gasteiger partial charge on any atom is -0.389 e. The van der Waals surface area contributed by atoms with E-state index in [1.165, 1.54) is 12.8 Å². The Bertz CT molecular complexity index is 263. The first kappa shape index (κ1) is 13.3. The summed E-state index contributed by atoms with van der Waals surface area (Å²) < 4.78 is 5.57. The van der Waals surface area contributed by atoms with Crippen molar-refractivity contribution in [3.05, 3.63) is 0 Å². The number of rotatable bonds is 5. The van der Waals surface area contributed by atoms with Crippen molar-refractivity contribution in [1.82, 2.24) is 0 Å². The number of ether oxygens (including phenoxy) is 1. The van der Waals surface area contributed by atoms with E-state index in [1.807, 2.05) is 6.92 Å². The fraction of sp³-hybridized carbons (Fsp3) is 1.00. The molecule has 2 fully saturated rings. The molecule has 0 aromatic rings. The maximum Gasteiger partial charge on any atom is 0.0765 e. The Kier molecular flexibility index (Phi) is 3.81. The van der Waals surface area contributed by atoms with Crippen LogP contribution >= 0.6 is 0 Å². The first-order valence-electron chi connectivity index (χ1n) is 7.13. The van der Waals surface area contributed by atoms with Crippen LogP contribution in [0.15, 0.2) is 0 Å². The van der Waals surface area contributed by atoms with Gasteiger partial charge in [0.05, 0.1) is 11.7 Å². The van der Waals surface area contributed by atoms with Gasteiger partial charge < -0.3 is 15.6 Å². The molecule has 0 bridgehead atoms. The van der Waals surface area contributed by atoms with Crippen molar-refractivity contribution in [3.8, 4) is 0 Å². The molecule has 0 aromatic heterocycles. The lowest BCUT2D eigenvalue weighted by Crippen LogP contribution is -2.61. The Morgan fingerprint density at radius 2 is 2.00 bits per heavy atom. The second kappa shape index (κ2) is 4.87. The zero-order valence-corrected chi connectivity index (χ0v) is 11.2. The van der Waals surface area contributed by atoms with Crippen LogP contribution in [0.5, 0.6) is 0 Å².